The van der Waals surface area contributed by atoms with E-state index in [2.05, 4.69) is 19.8 Å². The summed E-state index contributed by atoms with van der Waals surface area (Å²) in [5, 5.41) is 13.0. The van der Waals surface area contributed by atoms with Gasteiger partial charge in [-0.25, -0.2) is 0 Å². The topological polar surface area (TPSA) is 64.7 Å². The second kappa shape index (κ2) is 6.09. The van der Waals surface area contributed by atoms with E-state index in [1.165, 1.54) is 11.8 Å². The minimum absolute atomic E-state index is 0.451. The molecule has 0 N–H and O–H groups in total. The summed E-state index contributed by atoms with van der Waals surface area (Å²) in [5.74, 6) is 0.990. The maximum atomic E-state index is 5.92. The highest BCUT2D eigenvalue weighted by Crippen LogP contribution is 2.28. The van der Waals surface area contributed by atoms with Crippen molar-refractivity contribution in [3.8, 4) is 11.5 Å². The molecule has 3 aromatic rings. The molecule has 3 rings (SSSR count). The zero-order valence-electron chi connectivity index (χ0n) is 9.79. The Labute approximate surface area is 132 Å². The predicted molar refractivity (Wildman–Crippen MR) is 79.2 cm³/mol. The number of thioether (sulfide) groups is 1. The lowest BCUT2D eigenvalue weighted by Gasteiger charge is -1.94. The highest BCUT2D eigenvalue weighted by atomic mass is 35.5. The summed E-state index contributed by atoms with van der Waals surface area (Å²) in [6.45, 7) is 0. The number of nitrogens with zero attached hydrogens (tertiary/aromatic N) is 4. The van der Waals surface area contributed by atoms with Gasteiger partial charge >= 0.3 is 0 Å². The Balaban J connectivity index is 1.71. The van der Waals surface area contributed by atoms with Crippen LogP contribution in [0.3, 0.4) is 0 Å². The maximum Gasteiger partial charge on any atom is 0.277 e. The average molecular weight is 345 g/mol. The van der Waals surface area contributed by atoms with Crippen molar-refractivity contribution in [3.63, 3.8) is 0 Å². The van der Waals surface area contributed by atoms with Crippen molar-refractivity contribution in [2.24, 2.45) is 0 Å². The van der Waals surface area contributed by atoms with Crippen molar-refractivity contribution in [3.05, 3.63) is 39.3 Å². The van der Waals surface area contributed by atoms with E-state index in [4.69, 9.17) is 27.6 Å². The number of halogens is 2. The van der Waals surface area contributed by atoms with Gasteiger partial charge in [0.05, 0.1) is 0 Å². The van der Waals surface area contributed by atoms with Crippen LogP contribution >= 0.6 is 46.5 Å². The fourth-order valence-corrected chi connectivity index (χ4v) is 3.01. The Kier molecular flexibility index (Phi) is 4.21. The predicted octanol–water partition coefficient (Wildman–Crippen LogP) is 4.19. The molecule has 0 radical (unpaired) electrons. The van der Waals surface area contributed by atoms with Crippen molar-refractivity contribution in [2.75, 3.05) is 0 Å². The summed E-state index contributed by atoms with van der Waals surface area (Å²) in [7, 11) is 0. The maximum absolute atomic E-state index is 5.92. The van der Waals surface area contributed by atoms with E-state index in [1.54, 1.807) is 12.1 Å². The summed E-state index contributed by atoms with van der Waals surface area (Å²) in [4.78, 5) is 0. The van der Waals surface area contributed by atoms with Gasteiger partial charge in [-0.1, -0.05) is 39.5 Å². The summed E-state index contributed by atoms with van der Waals surface area (Å²) in [6, 6.07) is 7.19. The molecule has 0 unspecified atom stereocenters. The second-order valence-electron chi connectivity index (χ2n) is 3.66. The van der Waals surface area contributed by atoms with Crippen LogP contribution in [-0.2, 0) is 5.75 Å². The van der Waals surface area contributed by atoms with Gasteiger partial charge in [-0.05, 0) is 24.3 Å². The van der Waals surface area contributed by atoms with E-state index >= 15 is 0 Å². The van der Waals surface area contributed by atoms with Gasteiger partial charge in [-0.2, -0.15) is 0 Å². The molecule has 1 aromatic carbocycles. The van der Waals surface area contributed by atoms with Gasteiger partial charge in [0.1, 0.15) is 10.0 Å². The summed E-state index contributed by atoms with van der Waals surface area (Å²) in [5.41, 5.74) is 1.54. The lowest BCUT2D eigenvalue weighted by atomic mass is 10.2. The first kappa shape index (κ1) is 13.8. The van der Waals surface area contributed by atoms with Crippen molar-refractivity contribution in [2.45, 2.75) is 11.0 Å². The molecule has 2 heterocycles. The van der Waals surface area contributed by atoms with Crippen molar-refractivity contribution < 1.29 is 4.42 Å². The van der Waals surface area contributed by atoms with Gasteiger partial charge in [0.25, 0.3) is 5.22 Å². The molecule has 0 aliphatic carbocycles. The van der Waals surface area contributed by atoms with E-state index in [1.807, 2.05) is 12.1 Å². The van der Waals surface area contributed by atoms with Crippen LogP contribution in [0.5, 0.6) is 0 Å². The van der Waals surface area contributed by atoms with Crippen LogP contribution in [0.15, 0.2) is 33.9 Å². The SMILES string of the molecule is Clc1ccc(-c2nnc(SCc3nnsc3Cl)o2)cc1. The van der Waals surface area contributed by atoms with Crippen LogP contribution in [0, 0.1) is 0 Å². The third-order valence-corrected chi connectivity index (χ3v) is 4.41. The molecule has 0 saturated carbocycles. The van der Waals surface area contributed by atoms with Crippen LogP contribution in [0.1, 0.15) is 5.69 Å². The Hall–Kier alpha value is -1.15. The summed E-state index contributed by atoms with van der Waals surface area (Å²) in [6.07, 6.45) is 0. The summed E-state index contributed by atoms with van der Waals surface area (Å²) >= 11 is 14.3. The number of benzene rings is 1. The fraction of sp³-hybridized carbons (Fsp3) is 0.0909. The molecular weight excluding hydrogens is 339 g/mol. The van der Waals surface area contributed by atoms with E-state index in [0.717, 1.165) is 17.1 Å². The van der Waals surface area contributed by atoms with Crippen molar-refractivity contribution in [1.29, 1.82) is 0 Å². The monoisotopic (exact) mass is 344 g/mol. The Bertz CT molecular complexity index is 713. The summed E-state index contributed by atoms with van der Waals surface area (Å²) < 4.78 is 9.90. The molecule has 9 heteroatoms. The van der Waals surface area contributed by atoms with Gasteiger partial charge in [0.2, 0.25) is 5.89 Å². The minimum Gasteiger partial charge on any atom is -0.411 e. The van der Waals surface area contributed by atoms with Crippen LogP contribution in [-0.4, -0.2) is 19.8 Å². The largest absolute Gasteiger partial charge is 0.411 e. The minimum atomic E-state index is 0.451. The standard InChI is InChI=1S/C11H6Cl2N4OS2/c12-7-3-1-6(2-4-7)10-15-16-11(18-10)19-5-8-9(13)20-17-14-8/h1-4H,5H2. The van der Waals surface area contributed by atoms with Crippen LogP contribution in [0.25, 0.3) is 11.5 Å². The van der Waals surface area contributed by atoms with E-state index in [0.29, 0.717) is 31.9 Å². The van der Waals surface area contributed by atoms with Crippen molar-refractivity contribution in [1.82, 2.24) is 19.8 Å². The zero-order valence-corrected chi connectivity index (χ0v) is 12.9. The molecule has 0 saturated heterocycles. The third kappa shape index (κ3) is 3.12. The molecule has 0 atom stereocenters. The van der Waals surface area contributed by atoms with E-state index in [-0.39, 0.29) is 0 Å². The molecule has 0 spiro atoms. The van der Waals surface area contributed by atoms with Gasteiger partial charge < -0.3 is 4.42 Å². The molecule has 0 aliphatic rings. The zero-order chi connectivity index (χ0) is 13.9. The molecule has 0 bridgehead atoms. The molecule has 20 heavy (non-hydrogen) atoms. The van der Waals surface area contributed by atoms with Gasteiger partial charge in [0, 0.05) is 27.9 Å². The first-order valence-electron chi connectivity index (χ1n) is 5.41. The smallest absolute Gasteiger partial charge is 0.277 e. The molecule has 2 aromatic heterocycles. The highest BCUT2D eigenvalue weighted by molar-refractivity contribution is 7.98. The third-order valence-electron chi connectivity index (χ3n) is 2.34. The molecule has 0 fully saturated rings. The highest BCUT2D eigenvalue weighted by Gasteiger charge is 2.11. The number of hydrogen-bond donors (Lipinski definition) is 0. The lowest BCUT2D eigenvalue weighted by Crippen LogP contribution is -1.82. The number of hydrogen-bond acceptors (Lipinski definition) is 7. The first-order chi connectivity index (χ1) is 9.72. The Morgan fingerprint density at radius 2 is 1.90 bits per heavy atom. The lowest BCUT2D eigenvalue weighted by molar-refractivity contribution is 0.466. The van der Waals surface area contributed by atoms with Crippen LogP contribution in [0.2, 0.25) is 9.36 Å². The van der Waals surface area contributed by atoms with Gasteiger partial charge in [-0.3, -0.25) is 0 Å². The normalized spacial score (nSPS) is 10.9. The fourth-order valence-electron chi connectivity index (χ4n) is 1.39. The molecule has 0 aliphatic heterocycles. The first-order valence-corrected chi connectivity index (χ1v) is 7.93. The number of aromatic nitrogens is 4. The van der Waals surface area contributed by atoms with E-state index in [9.17, 15) is 0 Å². The van der Waals surface area contributed by atoms with Crippen LogP contribution in [0.4, 0.5) is 0 Å². The quantitative estimate of drug-likeness (QED) is 0.661. The van der Waals surface area contributed by atoms with Crippen molar-refractivity contribution >= 4 is 46.5 Å². The average Bonchev–Trinajstić information content (AvgIpc) is 3.06. The second-order valence-corrected chi connectivity index (χ2v) is 6.38. The van der Waals surface area contributed by atoms with Gasteiger partial charge in [-0.15, -0.1) is 15.3 Å². The molecular formula is C11H6Cl2N4OS2. The Morgan fingerprint density at radius 1 is 1.10 bits per heavy atom. The van der Waals surface area contributed by atoms with E-state index < -0.39 is 0 Å². The van der Waals surface area contributed by atoms with Gasteiger partial charge in [0.15, 0.2) is 0 Å². The Morgan fingerprint density at radius 3 is 2.60 bits per heavy atom. The molecule has 102 valence electrons. The van der Waals surface area contributed by atoms with Crippen LogP contribution < -0.4 is 0 Å². The number of rotatable bonds is 4. The molecule has 5 nitrogen and oxygen atoms in total. The molecule has 0 amide bonds.